The third-order valence-electron chi connectivity index (χ3n) is 5.31. The average Bonchev–Trinajstić information content (AvgIpc) is 2.65. The SMILES string of the molecule is CCNC(=NCC1CCN(S(C)(=O)=O)CC1)NC1CCCN(C(=O)OC(C)(C)C)C1.I. The van der Waals surface area contributed by atoms with Gasteiger partial charge >= 0.3 is 6.09 Å². The van der Waals surface area contributed by atoms with Crippen molar-refractivity contribution in [1.29, 1.82) is 0 Å². The minimum Gasteiger partial charge on any atom is -0.444 e. The molecule has 2 rings (SSSR count). The van der Waals surface area contributed by atoms with Crippen LogP contribution in [0, 0.1) is 5.92 Å². The predicted molar refractivity (Wildman–Crippen MR) is 134 cm³/mol. The van der Waals surface area contributed by atoms with E-state index in [9.17, 15) is 13.2 Å². The predicted octanol–water partition coefficient (Wildman–Crippen LogP) is 2.23. The van der Waals surface area contributed by atoms with E-state index >= 15 is 0 Å². The van der Waals surface area contributed by atoms with Crippen LogP contribution in [-0.4, -0.2) is 86.8 Å². The molecule has 31 heavy (non-hydrogen) atoms. The summed E-state index contributed by atoms with van der Waals surface area (Å²) in [4.78, 5) is 18.9. The van der Waals surface area contributed by atoms with Gasteiger partial charge in [-0.3, -0.25) is 4.99 Å². The number of aliphatic imine (C=N–C) groups is 1. The van der Waals surface area contributed by atoms with Gasteiger partial charge in [0.25, 0.3) is 0 Å². The molecule has 2 saturated heterocycles. The highest BCUT2D eigenvalue weighted by Gasteiger charge is 2.28. The number of ether oxygens (including phenoxy) is 1. The third kappa shape index (κ3) is 10.1. The lowest BCUT2D eigenvalue weighted by atomic mass is 9.98. The number of sulfonamides is 1. The van der Waals surface area contributed by atoms with Gasteiger partial charge in [0.15, 0.2) is 5.96 Å². The molecule has 11 heteroatoms. The van der Waals surface area contributed by atoms with Crippen molar-refractivity contribution in [2.75, 3.05) is 45.5 Å². The second kappa shape index (κ2) is 12.4. The minimum atomic E-state index is -3.10. The average molecular weight is 574 g/mol. The number of guanidine groups is 1. The van der Waals surface area contributed by atoms with Gasteiger partial charge in [-0.15, -0.1) is 24.0 Å². The maximum absolute atomic E-state index is 12.4. The highest BCUT2D eigenvalue weighted by atomic mass is 127. The Morgan fingerprint density at radius 2 is 1.81 bits per heavy atom. The van der Waals surface area contributed by atoms with Gasteiger partial charge in [0.1, 0.15) is 5.60 Å². The van der Waals surface area contributed by atoms with Crippen LogP contribution in [0.1, 0.15) is 53.4 Å². The molecule has 0 aromatic rings. The van der Waals surface area contributed by atoms with Crippen molar-refractivity contribution in [2.24, 2.45) is 10.9 Å². The number of rotatable bonds is 5. The Hall–Kier alpha value is -0.820. The molecule has 182 valence electrons. The lowest BCUT2D eigenvalue weighted by Gasteiger charge is -2.35. The Morgan fingerprint density at radius 1 is 1.16 bits per heavy atom. The van der Waals surface area contributed by atoms with Gasteiger partial charge in [0.05, 0.1) is 6.26 Å². The van der Waals surface area contributed by atoms with Crippen molar-refractivity contribution in [1.82, 2.24) is 19.8 Å². The summed E-state index contributed by atoms with van der Waals surface area (Å²) in [5.41, 5.74) is -0.499. The highest BCUT2D eigenvalue weighted by molar-refractivity contribution is 14.0. The largest absolute Gasteiger partial charge is 0.444 e. The van der Waals surface area contributed by atoms with Crippen molar-refractivity contribution in [3.05, 3.63) is 0 Å². The quantitative estimate of drug-likeness (QED) is 0.297. The number of hydrogen-bond donors (Lipinski definition) is 2. The summed E-state index contributed by atoms with van der Waals surface area (Å²) in [6.07, 6.45) is 4.53. The molecule has 1 atom stereocenters. The van der Waals surface area contributed by atoms with Crippen LogP contribution in [0.4, 0.5) is 4.79 Å². The molecule has 1 unspecified atom stereocenters. The first-order chi connectivity index (χ1) is 14.0. The van der Waals surface area contributed by atoms with Crippen LogP contribution in [0.5, 0.6) is 0 Å². The van der Waals surface area contributed by atoms with Crippen LogP contribution in [0.3, 0.4) is 0 Å². The first kappa shape index (κ1) is 28.2. The number of carbonyl (C=O) groups is 1. The van der Waals surface area contributed by atoms with Crippen LogP contribution >= 0.6 is 24.0 Å². The molecule has 0 aromatic carbocycles. The zero-order valence-electron chi connectivity index (χ0n) is 19.5. The summed E-state index contributed by atoms with van der Waals surface area (Å²) in [5.74, 6) is 1.13. The Morgan fingerprint density at radius 3 is 2.35 bits per heavy atom. The van der Waals surface area contributed by atoms with Crippen LogP contribution in [0.25, 0.3) is 0 Å². The van der Waals surface area contributed by atoms with E-state index < -0.39 is 15.6 Å². The standard InChI is InChI=1S/C20H39N5O4S.HI/c1-6-21-18(22-14-16-9-12-25(13-10-16)30(5,27)28)23-17-8-7-11-24(15-17)19(26)29-20(2,3)4;/h16-17H,6-15H2,1-5H3,(H2,21,22,23);1H. The molecule has 2 heterocycles. The van der Waals surface area contributed by atoms with E-state index in [-0.39, 0.29) is 36.1 Å². The molecule has 0 aromatic heterocycles. The molecular weight excluding hydrogens is 533 g/mol. The van der Waals surface area contributed by atoms with Crippen molar-refractivity contribution < 1.29 is 17.9 Å². The van der Waals surface area contributed by atoms with Gasteiger partial charge in [-0.2, -0.15) is 0 Å². The van der Waals surface area contributed by atoms with Crippen molar-refractivity contribution in [2.45, 2.75) is 65.0 Å². The van der Waals surface area contributed by atoms with Crippen LogP contribution < -0.4 is 10.6 Å². The zero-order chi connectivity index (χ0) is 22.4. The molecule has 2 aliphatic rings. The van der Waals surface area contributed by atoms with Crippen molar-refractivity contribution in [3.63, 3.8) is 0 Å². The smallest absolute Gasteiger partial charge is 0.410 e. The number of piperidine rings is 2. The molecular formula is C20H40IN5O4S. The summed E-state index contributed by atoms with van der Waals surface area (Å²) in [7, 11) is -3.10. The van der Waals surface area contributed by atoms with Crippen LogP contribution in [0.15, 0.2) is 4.99 Å². The summed E-state index contributed by atoms with van der Waals surface area (Å²) in [6, 6.07) is 0.121. The normalized spacial score (nSPS) is 21.9. The lowest BCUT2D eigenvalue weighted by Crippen LogP contribution is -2.53. The van der Waals surface area contributed by atoms with E-state index in [1.54, 1.807) is 9.21 Å². The fourth-order valence-corrected chi connectivity index (χ4v) is 4.62. The minimum absolute atomic E-state index is 0. The number of hydrogen-bond acceptors (Lipinski definition) is 5. The highest BCUT2D eigenvalue weighted by Crippen LogP contribution is 2.19. The first-order valence-electron chi connectivity index (χ1n) is 11.0. The lowest BCUT2D eigenvalue weighted by molar-refractivity contribution is 0.0193. The molecule has 9 nitrogen and oxygen atoms in total. The summed E-state index contributed by atoms with van der Waals surface area (Å²) in [6.45, 7) is 11.5. The number of nitrogens with zero attached hydrogens (tertiary/aromatic N) is 3. The molecule has 0 spiro atoms. The van der Waals surface area contributed by atoms with E-state index in [0.29, 0.717) is 38.6 Å². The first-order valence-corrected chi connectivity index (χ1v) is 12.8. The van der Waals surface area contributed by atoms with E-state index in [1.807, 2.05) is 27.7 Å². The van der Waals surface area contributed by atoms with Crippen molar-refractivity contribution >= 4 is 46.1 Å². The van der Waals surface area contributed by atoms with E-state index in [0.717, 1.165) is 38.2 Å². The van der Waals surface area contributed by atoms with Crippen LogP contribution in [-0.2, 0) is 14.8 Å². The number of likely N-dealkylation sites (tertiary alicyclic amines) is 1. The molecule has 0 bridgehead atoms. The monoisotopic (exact) mass is 573 g/mol. The van der Waals surface area contributed by atoms with Crippen molar-refractivity contribution in [3.8, 4) is 0 Å². The Kier molecular flexibility index (Phi) is 11.3. The summed E-state index contributed by atoms with van der Waals surface area (Å²) < 4.78 is 30.4. The number of amides is 1. The molecule has 1 amide bonds. The van der Waals surface area contributed by atoms with Gasteiger partial charge in [-0.05, 0) is 59.3 Å². The fourth-order valence-electron chi connectivity index (χ4n) is 3.74. The van der Waals surface area contributed by atoms with Crippen LogP contribution in [0.2, 0.25) is 0 Å². The fraction of sp³-hybridized carbons (Fsp3) is 0.900. The Balaban J connectivity index is 0.00000480. The number of carbonyl (C=O) groups excluding carboxylic acids is 1. The summed E-state index contributed by atoms with van der Waals surface area (Å²) in [5, 5.41) is 6.74. The Labute approximate surface area is 204 Å². The third-order valence-corrected chi connectivity index (χ3v) is 6.61. The maximum Gasteiger partial charge on any atom is 0.410 e. The van der Waals surface area contributed by atoms with E-state index in [2.05, 4.69) is 10.6 Å². The zero-order valence-corrected chi connectivity index (χ0v) is 22.7. The number of halogens is 1. The van der Waals surface area contributed by atoms with Gasteiger partial charge < -0.3 is 20.3 Å². The van der Waals surface area contributed by atoms with Gasteiger partial charge in [0, 0.05) is 45.3 Å². The molecule has 0 radical (unpaired) electrons. The Bertz CT molecular complexity index is 703. The number of nitrogens with one attached hydrogen (secondary N) is 2. The second-order valence-corrected chi connectivity index (χ2v) is 11.2. The molecule has 2 fully saturated rings. The molecule has 2 aliphatic heterocycles. The molecule has 0 saturated carbocycles. The van der Waals surface area contributed by atoms with Gasteiger partial charge in [-0.1, -0.05) is 0 Å². The molecule has 2 N–H and O–H groups in total. The van der Waals surface area contributed by atoms with Gasteiger partial charge in [-0.25, -0.2) is 17.5 Å². The van der Waals surface area contributed by atoms with Gasteiger partial charge in [0.2, 0.25) is 10.0 Å². The maximum atomic E-state index is 12.4. The molecule has 0 aliphatic carbocycles. The van der Waals surface area contributed by atoms with E-state index in [1.165, 1.54) is 6.26 Å². The second-order valence-electron chi connectivity index (χ2n) is 9.23. The van der Waals surface area contributed by atoms with E-state index in [4.69, 9.17) is 9.73 Å². The topological polar surface area (TPSA) is 103 Å². The summed E-state index contributed by atoms with van der Waals surface area (Å²) >= 11 is 0.